The minimum absolute atomic E-state index is 0.00177. The van der Waals surface area contributed by atoms with E-state index < -0.39 is 18.1 Å². The fraction of sp³-hybridized carbons (Fsp3) is 0.632. The first-order chi connectivity index (χ1) is 11.3. The average molecular weight is 337 g/mol. The maximum absolute atomic E-state index is 11.1. The van der Waals surface area contributed by atoms with Crippen LogP contribution in [0.25, 0.3) is 0 Å². The minimum atomic E-state index is -0.859. The molecule has 0 saturated heterocycles. The number of aliphatic hydroxyl groups is 1. The number of rotatable bonds is 11. The number of aliphatic hydroxyl groups excluding tert-OH is 1. The molecule has 0 bridgehead atoms. The molecule has 1 aromatic carbocycles. The van der Waals surface area contributed by atoms with Crippen LogP contribution in [-0.4, -0.2) is 35.4 Å². The average Bonchev–Trinajstić information content (AvgIpc) is 2.50. The number of benzene rings is 1. The van der Waals surface area contributed by atoms with E-state index in [2.05, 4.69) is 19.2 Å². The molecule has 5 nitrogen and oxygen atoms in total. The molecule has 0 aliphatic heterocycles. The monoisotopic (exact) mass is 337 g/mol. The van der Waals surface area contributed by atoms with Gasteiger partial charge in [-0.15, -0.1) is 0 Å². The third kappa shape index (κ3) is 7.32. The maximum atomic E-state index is 11.1. The Labute approximate surface area is 145 Å². The molecule has 0 aliphatic rings. The lowest BCUT2D eigenvalue weighted by atomic mass is 10.0. The molecule has 1 aromatic rings. The van der Waals surface area contributed by atoms with Crippen LogP contribution in [0.5, 0.6) is 5.75 Å². The van der Waals surface area contributed by atoms with Gasteiger partial charge >= 0.3 is 5.97 Å². The summed E-state index contributed by atoms with van der Waals surface area (Å²) in [5.74, 6) is 0.554. The second-order valence-corrected chi connectivity index (χ2v) is 6.92. The Morgan fingerprint density at radius 1 is 1.12 bits per heavy atom. The normalized spacial score (nSPS) is 14.0. The maximum Gasteiger partial charge on any atom is 0.320 e. The highest BCUT2D eigenvalue weighted by molar-refractivity contribution is 5.73. The highest BCUT2D eigenvalue weighted by Crippen LogP contribution is 2.20. The lowest BCUT2D eigenvalue weighted by Crippen LogP contribution is -2.41. The molecule has 24 heavy (non-hydrogen) atoms. The molecule has 1 rings (SSSR count). The first-order valence-electron chi connectivity index (χ1n) is 8.68. The Morgan fingerprint density at radius 3 is 2.25 bits per heavy atom. The van der Waals surface area contributed by atoms with E-state index in [1.54, 1.807) is 0 Å². The predicted octanol–water partition coefficient (Wildman–Crippen LogP) is 3.23. The summed E-state index contributed by atoms with van der Waals surface area (Å²) in [7, 11) is 0. The molecule has 5 heteroatoms. The van der Waals surface area contributed by atoms with Crippen molar-refractivity contribution in [1.29, 1.82) is 0 Å². The lowest BCUT2D eigenvalue weighted by Gasteiger charge is -2.19. The van der Waals surface area contributed by atoms with Crippen molar-refractivity contribution in [3.05, 3.63) is 29.8 Å². The Balaban J connectivity index is 2.42. The molecule has 0 spiro atoms. The minimum Gasteiger partial charge on any atom is -0.494 e. The fourth-order valence-electron chi connectivity index (χ4n) is 2.35. The number of hydrogen-bond donors (Lipinski definition) is 3. The van der Waals surface area contributed by atoms with Gasteiger partial charge in [0.05, 0.1) is 12.7 Å². The van der Waals surface area contributed by atoms with Crippen LogP contribution in [0.3, 0.4) is 0 Å². The Kier molecular flexibility index (Phi) is 8.79. The van der Waals surface area contributed by atoms with Crippen LogP contribution in [0.1, 0.15) is 52.2 Å². The first kappa shape index (κ1) is 20.5. The second kappa shape index (κ2) is 10.3. The summed E-state index contributed by atoms with van der Waals surface area (Å²) in [5.41, 5.74) is 0.810. The third-order valence-electron chi connectivity index (χ3n) is 3.94. The number of carboxylic acid groups (broad SMARTS) is 1. The van der Waals surface area contributed by atoms with Gasteiger partial charge in [0.15, 0.2) is 0 Å². The van der Waals surface area contributed by atoms with Crippen molar-refractivity contribution in [3.63, 3.8) is 0 Å². The molecular formula is C19H31NO4. The highest BCUT2D eigenvalue weighted by Gasteiger charge is 2.20. The van der Waals surface area contributed by atoms with E-state index >= 15 is 0 Å². The van der Waals surface area contributed by atoms with Gasteiger partial charge in [-0.05, 0) is 48.9 Å². The lowest BCUT2D eigenvalue weighted by molar-refractivity contribution is -0.140. The quantitative estimate of drug-likeness (QED) is 0.578. The largest absolute Gasteiger partial charge is 0.494 e. The zero-order valence-corrected chi connectivity index (χ0v) is 15.2. The molecule has 2 atom stereocenters. The molecule has 0 aliphatic carbocycles. The number of ether oxygens (including phenoxy) is 1. The summed E-state index contributed by atoms with van der Waals surface area (Å²) in [6.07, 6.45) is 0.851. The van der Waals surface area contributed by atoms with Crippen LogP contribution in [0.2, 0.25) is 0 Å². The van der Waals surface area contributed by atoms with Crippen molar-refractivity contribution in [2.75, 3.05) is 13.2 Å². The van der Waals surface area contributed by atoms with Crippen LogP contribution in [0.4, 0.5) is 0 Å². The highest BCUT2D eigenvalue weighted by atomic mass is 16.5. The second-order valence-electron chi connectivity index (χ2n) is 6.92. The molecule has 0 fully saturated rings. The summed E-state index contributed by atoms with van der Waals surface area (Å²) in [4.78, 5) is 11.1. The zero-order valence-electron chi connectivity index (χ0n) is 15.2. The Hall–Kier alpha value is -1.59. The van der Waals surface area contributed by atoms with E-state index in [4.69, 9.17) is 9.84 Å². The van der Waals surface area contributed by atoms with Gasteiger partial charge in [0.1, 0.15) is 11.8 Å². The van der Waals surface area contributed by atoms with Crippen LogP contribution in [0, 0.1) is 11.8 Å². The number of hydrogen-bond acceptors (Lipinski definition) is 4. The van der Waals surface area contributed by atoms with Gasteiger partial charge in [-0.3, -0.25) is 4.79 Å². The van der Waals surface area contributed by atoms with Gasteiger partial charge in [0.2, 0.25) is 0 Å². The molecular weight excluding hydrogens is 306 g/mol. The summed E-state index contributed by atoms with van der Waals surface area (Å²) in [6.45, 7) is 9.18. The molecule has 0 heterocycles. The number of carboxylic acids is 1. The van der Waals surface area contributed by atoms with Crippen molar-refractivity contribution in [2.24, 2.45) is 11.8 Å². The summed E-state index contributed by atoms with van der Waals surface area (Å²) in [5, 5.41) is 22.3. The van der Waals surface area contributed by atoms with E-state index in [-0.39, 0.29) is 5.92 Å². The molecule has 3 N–H and O–H groups in total. The van der Waals surface area contributed by atoms with Crippen LogP contribution < -0.4 is 10.1 Å². The van der Waals surface area contributed by atoms with Gasteiger partial charge in [0, 0.05) is 0 Å². The van der Waals surface area contributed by atoms with Gasteiger partial charge < -0.3 is 20.3 Å². The van der Waals surface area contributed by atoms with Crippen LogP contribution in [0.15, 0.2) is 24.3 Å². The van der Waals surface area contributed by atoms with Crippen molar-refractivity contribution in [1.82, 2.24) is 5.32 Å². The van der Waals surface area contributed by atoms with Crippen LogP contribution in [-0.2, 0) is 4.79 Å². The smallest absolute Gasteiger partial charge is 0.320 e. The van der Waals surface area contributed by atoms with Crippen molar-refractivity contribution < 1.29 is 19.7 Å². The molecule has 0 aromatic heterocycles. The number of nitrogens with one attached hydrogen (secondary N) is 1. The van der Waals surface area contributed by atoms with E-state index in [0.29, 0.717) is 25.5 Å². The molecule has 0 saturated carbocycles. The molecule has 0 unspecified atom stereocenters. The van der Waals surface area contributed by atoms with E-state index in [1.165, 1.54) is 0 Å². The zero-order chi connectivity index (χ0) is 18.1. The van der Waals surface area contributed by atoms with Gasteiger partial charge in [0.25, 0.3) is 0 Å². The number of aliphatic carboxylic acids is 1. The predicted molar refractivity (Wildman–Crippen MR) is 95.2 cm³/mol. The van der Waals surface area contributed by atoms with Gasteiger partial charge in [-0.25, -0.2) is 0 Å². The van der Waals surface area contributed by atoms with Crippen molar-refractivity contribution >= 4 is 5.97 Å². The van der Waals surface area contributed by atoms with E-state index in [1.807, 2.05) is 38.1 Å². The third-order valence-corrected chi connectivity index (χ3v) is 3.94. The van der Waals surface area contributed by atoms with E-state index in [9.17, 15) is 9.90 Å². The fourth-order valence-corrected chi connectivity index (χ4v) is 2.35. The summed E-state index contributed by atoms with van der Waals surface area (Å²) in [6, 6.07) is 6.84. The van der Waals surface area contributed by atoms with Crippen molar-refractivity contribution in [2.45, 2.75) is 52.7 Å². The van der Waals surface area contributed by atoms with Crippen molar-refractivity contribution in [3.8, 4) is 5.75 Å². The van der Waals surface area contributed by atoms with Crippen LogP contribution >= 0.6 is 0 Å². The topological polar surface area (TPSA) is 78.8 Å². The molecule has 136 valence electrons. The summed E-state index contributed by atoms with van der Waals surface area (Å²) >= 11 is 0. The Bertz CT molecular complexity index is 485. The number of carbonyl (C=O) groups is 1. The SMILES string of the molecule is CC(C)CCOc1ccc([C@@H](O)CCN[C@@H](C(=O)O)C(C)C)cc1. The van der Waals surface area contributed by atoms with E-state index in [0.717, 1.165) is 17.7 Å². The molecule has 0 radical (unpaired) electrons. The standard InChI is InChI=1S/C19H31NO4/c1-13(2)10-12-24-16-7-5-15(6-8-16)17(21)9-11-20-18(14(3)4)19(22)23/h5-8,13-14,17-18,20-21H,9-12H2,1-4H3,(H,22,23)/t17-,18+/m0/s1. The van der Waals surface area contributed by atoms with Gasteiger partial charge in [-0.2, -0.15) is 0 Å². The van der Waals surface area contributed by atoms with Gasteiger partial charge in [-0.1, -0.05) is 39.8 Å². The molecule has 0 amide bonds. The Morgan fingerprint density at radius 2 is 1.75 bits per heavy atom. The first-order valence-corrected chi connectivity index (χ1v) is 8.68. The summed E-state index contributed by atoms with van der Waals surface area (Å²) < 4.78 is 5.66.